The van der Waals surface area contributed by atoms with Crippen molar-refractivity contribution in [3.8, 4) is 0 Å². The maximum absolute atomic E-state index is 5.88. The van der Waals surface area contributed by atoms with Crippen LogP contribution in [0.15, 0.2) is 0 Å². The number of aromatic nitrogens is 2. The van der Waals surface area contributed by atoms with Crippen LogP contribution in [0.3, 0.4) is 0 Å². The number of nitrogens with zero attached hydrogens (tertiary/aromatic N) is 2. The Morgan fingerprint density at radius 1 is 1.22 bits per heavy atom. The average Bonchev–Trinajstić information content (AvgIpc) is 2.86. The van der Waals surface area contributed by atoms with Gasteiger partial charge in [-0.3, -0.25) is 0 Å². The topological polar surface area (TPSA) is 47.0 Å². The highest BCUT2D eigenvalue weighted by atomic mass is 32.1. The van der Waals surface area contributed by atoms with Crippen LogP contribution in [0.4, 0.5) is 0 Å². The van der Waals surface area contributed by atoms with Crippen molar-refractivity contribution in [1.82, 2.24) is 15.5 Å². The minimum atomic E-state index is 0.258. The van der Waals surface area contributed by atoms with Crippen LogP contribution in [0, 0.1) is 5.92 Å². The molecule has 1 aliphatic rings. The summed E-state index contributed by atoms with van der Waals surface area (Å²) in [5.41, 5.74) is 0. The third kappa shape index (κ3) is 2.90. The van der Waals surface area contributed by atoms with Crippen LogP contribution in [0.25, 0.3) is 0 Å². The van der Waals surface area contributed by atoms with Crippen molar-refractivity contribution in [1.29, 1.82) is 0 Å². The first kappa shape index (κ1) is 13.9. The number of hydrogen-bond donors (Lipinski definition) is 1. The molecule has 0 bridgehead atoms. The van der Waals surface area contributed by atoms with Crippen molar-refractivity contribution in [2.75, 3.05) is 13.6 Å². The van der Waals surface area contributed by atoms with Gasteiger partial charge in [-0.2, -0.15) is 0 Å². The molecule has 18 heavy (non-hydrogen) atoms. The van der Waals surface area contributed by atoms with Gasteiger partial charge >= 0.3 is 0 Å². The van der Waals surface area contributed by atoms with E-state index in [-0.39, 0.29) is 6.10 Å². The van der Waals surface area contributed by atoms with E-state index in [4.69, 9.17) is 4.74 Å². The first-order chi connectivity index (χ1) is 8.63. The summed E-state index contributed by atoms with van der Waals surface area (Å²) < 4.78 is 5.88. The zero-order valence-electron chi connectivity index (χ0n) is 11.6. The van der Waals surface area contributed by atoms with Crippen molar-refractivity contribution in [3.05, 3.63) is 10.0 Å². The summed E-state index contributed by atoms with van der Waals surface area (Å²) in [5, 5.41) is 14.2. The quantitative estimate of drug-likeness (QED) is 0.833. The summed E-state index contributed by atoms with van der Waals surface area (Å²) in [4.78, 5) is 0. The van der Waals surface area contributed by atoms with Crippen LogP contribution in [-0.2, 0) is 11.2 Å². The normalized spacial score (nSPS) is 32.0. The van der Waals surface area contributed by atoms with Crippen molar-refractivity contribution in [2.45, 2.75) is 51.7 Å². The molecule has 0 spiro atoms. The first-order valence-corrected chi connectivity index (χ1v) is 7.57. The molecule has 0 amide bonds. The Labute approximate surface area is 113 Å². The molecule has 1 fully saturated rings. The number of nitrogens with one attached hydrogen (secondary N) is 1. The molecule has 1 aliphatic heterocycles. The van der Waals surface area contributed by atoms with E-state index in [1.807, 2.05) is 7.05 Å². The Hall–Kier alpha value is -0.520. The summed E-state index contributed by atoms with van der Waals surface area (Å²) in [7, 11) is 1.98. The van der Waals surface area contributed by atoms with Crippen LogP contribution in [0.5, 0.6) is 0 Å². The minimum Gasteiger partial charge on any atom is -0.375 e. The number of hydrogen-bond acceptors (Lipinski definition) is 5. The molecule has 4 unspecified atom stereocenters. The number of aryl methyl sites for hydroxylation is 1. The van der Waals surface area contributed by atoms with Crippen LogP contribution >= 0.6 is 11.3 Å². The summed E-state index contributed by atoms with van der Waals surface area (Å²) in [5.74, 6) is 0.939. The van der Waals surface area contributed by atoms with Gasteiger partial charge in [-0.05, 0) is 39.8 Å². The third-order valence-corrected chi connectivity index (χ3v) is 4.91. The lowest BCUT2D eigenvalue weighted by Crippen LogP contribution is -2.14. The lowest BCUT2D eigenvalue weighted by molar-refractivity contribution is 0.0556. The molecular weight excluding hydrogens is 246 g/mol. The van der Waals surface area contributed by atoms with Gasteiger partial charge in [0.2, 0.25) is 0 Å². The maximum Gasteiger partial charge on any atom is 0.123 e. The van der Waals surface area contributed by atoms with Crippen molar-refractivity contribution >= 4 is 11.3 Å². The van der Waals surface area contributed by atoms with E-state index in [1.165, 1.54) is 0 Å². The molecule has 4 nitrogen and oxygen atoms in total. The monoisotopic (exact) mass is 269 g/mol. The van der Waals surface area contributed by atoms with Gasteiger partial charge in [-0.25, -0.2) is 0 Å². The third-order valence-electron chi connectivity index (χ3n) is 3.83. The molecule has 4 atom stereocenters. The number of ether oxygens (including phenoxy) is 1. The molecule has 1 N–H and O–H groups in total. The molecule has 0 aromatic carbocycles. The van der Waals surface area contributed by atoms with Crippen LogP contribution in [0.1, 0.15) is 43.1 Å². The second-order valence-corrected chi connectivity index (χ2v) is 6.27. The lowest BCUT2D eigenvalue weighted by Gasteiger charge is -2.14. The van der Waals surface area contributed by atoms with Gasteiger partial charge in [-0.1, -0.05) is 6.92 Å². The Morgan fingerprint density at radius 2 is 2.00 bits per heavy atom. The summed E-state index contributed by atoms with van der Waals surface area (Å²) in [6.45, 7) is 7.58. The van der Waals surface area contributed by atoms with E-state index < -0.39 is 0 Å². The Morgan fingerprint density at radius 3 is 2.61 bits per heavy atom. The van der Waals surface area contributed by atoms with Gasteiger partial charge in [0.1, 0.15) is 10.0 Å². The Balaban J connectivity index is 2.01. The van der Waals surface area contributed by atoms with Crippen LogP contribution in [-0.4, -0.2) is 36.0 Å². The lowest BCUT2D eigenvalue weighted by atomic mass is 9.90. The predicted molar refractivity (Wildman–Crippen MR) is 74.1 cm³/mol. The molecule has 2 rings (SSSR count). The molecule has 102 valence electrons. The van der Waals surface area contributed by atoms with Crippen molar-refractivity contribution in [3.63, 3.8) is 0 Å². The Kier molecular flexibility index (Phi) is 4.70. The van der Waals surface area contributed by atoms with Gasteiger partial charge in [-0.15, -0.1) is 21.5 Å². The predicted octanol–water partition coefficient (Wildman–Crippen LogP) is 2.22. The van der Waals surface area contributed by atoms with Gasteiger partial charge < -0.3 is 10.1 Å². The molecule has 0 saturated carbocycles. The van der Waals surface area contributed by atoms with E-state index in [1.54, 1.807) is 11.3 Å². The van der Waals surface area contributed by atoms with Crippen LogP contribution < -0.4 is 5.32 Å². The maximum atomic E-state index is 5.88. The molecular formula is C13H23N3OS. The molecule has 2 heterocycles. The molecule has 0 radical (unpaired) electrons. The van der Waals surface area contributed by atoms with Crippen molar-refractivity contribution in [2.24, 2.45) is 5.92 Å². The van der Waals surface area contributed by atoms with Gasteiger partial charge in [0, 0.05) is 12.3 Å². The van der Waals surface area contributed by atoms with E-state index in [0.29, 0.717) is 17.9 Å². The van der Waals surface area contributed by atoms with E-state index >= 15 is 0 Å². The summed E-state index contributed by atoms with van der Waals surface area (Å²) in [6, 6.07) is 0. The summed E-state index contributed by atoms with van der Waals surface area (Å²) >= 11 is 1.76. The molecule has 1 aromatic rings. The second kappa shape index (κ2) is 6.08. The highest BCUT2D eigenvalue weighted by molar-refractivity contribution is 7.11. The van der Waals surface area contributed by atoms with E-state index in [2.05, 4.69) is 36.3 Å². The van der Waals surface area contributed by atoms with Gasteiger partial charge in [0.15, 0.2) is 0 Å². The molecule has 1 saturated heterocycles. The summed E-state index contributed by atoms with van der Waals surface area (Å²) in [6.07, 6.45) is 2.72. The SMILES string of the molecule is CNCCCc1nnc(C2C(C)OC(C)C2C)s1. The fraction of sp³-hybridized carbons (Fsp3) is 0.846. The zero-order valence-corrected chi connectivity index (χ0v) is 12.5. The van der Waals surface area contributed by atoms with Crippen molar-refractivity contribution < 1.29 is 4.74 Å². The smallest absolute Gasteiger partial charge is 0.123 e. The largest absolute Gasteiger partial charge is 0.375 e. The fourth-order valence-electron chi connectivity index (χ4n) is 2.61. The van der Waals surface area contributed by atoms with E-state index in [9.17, 15) is 0 Å². The fourth-order valence-corrected chi connectivity index (χ4v) is 3.80. The standard InChI is InChI=1S/C13H23N3OS/c1-8-9(2)17-10(3)12(8)13-16-15-11(18-13)6-5-7-14-4/h8-10,12,14H,5-7H2,1-4H3. The van der Waals surface area contributed by atoms with Gasteiger partial charge in [0.25, 0.3) is 0 Å². The van der Waals surface area contributed by atoms with E-state index in [0.717, 1.165) is 29.4 Å². The minimum absolute atomic E-state index is 0.258. The highest BCUT2D eigenvalue weighted by Crippen LogP contribution is 2.40. The average molecular weight is 269 g/mol. The molecule has 5 heteroatoms. The highest BCUT2D eigenvalue weighted by Gasteiger charge is 2.39. The number of rotatable bonds is 5. The molecule has 0 aliphatic carbocycles. The second-order valence-electron chi connectivity index (χ2n) is 5.17. The first-order valence-electron chi connectivity index (χ1n) is 6.75. The van der Waals surface area contributed by atoms with Gasteiger partial charge in [0.05, 0.1) is 12.2 Å². The zero-order chi connectivity index (χ0) is 13.1. The van der Waals surface area contributed by atoms with Crippen LogP contribution in [0.2, 0.25) is 0 Å². The molecule has 1 aromatic heterocycles. The Bertz CT molecular complexity index is 382.